The Hall–Kier alpha value is -1.75. The summed E-state index contributed by atoms with van der Waals surface area (Å²) < 4.78 is 10.7. The van der Waals surface area contributed by atoms with Crippen LogP contribution in [0.15, 0.2) is 12.1 Å². The molecule has 0 bridgehead atoms. The summed E-state index contributed by atoms with van der Waals surface area (Å²) in [4.78, 5) is 13.4. The van der Waals surface area contributed by atoms with Gasteiger partial charge in [-0.2, -0.15) is 0 Å². The first-order valence-electron chi connectivity index (χ1n) is 8.35. The van der Waals surface area contributed by atoms with E-state index in [0.29, 0.717) is 5.92 Å². The fraction of sp³-hybridized carbons (Fsp3) is 0.611. The Balaban J connectivity index is 1.90. The number of ether oxygens (including phenoxy) is 2. The summed E-state index contributed by atoms with van der Waals surface area (Å²) >= 11 is 0. The molecule has 0 unspecified atom stereocenters. The summed E-state index contributed by atoms with van der Waals surface area (Å²) in [5.74, 6) is 1.07. The average molecular weight is 319 g/mol. The van der Waals surface area contributed by atoms with Crippen molar-refractivity contribution in [3.05, 3.63) is 23.3 Å². The van der Waals surface area contributed by atoms with E-state index in [1.54, 1.807) is 7.11 Å². The monoisotopic (exact) mass is 319 g/mol. The molecule has 1 aliphatic heterocycles. The number of hydrogen-bond acceptors (Lipinski definition) is 5. The third kappa shape index (κ3) is 3.78. The fourth-order valence-electron chi connectivity index (χ4n) is 3.22. The first-order chi connectivity index (χ1) is 11.1. The maximum Gasteiger partial charge on any atom is 0.302 e. The minimum absolute atomic E-state index is 0.180. The van der Waals surface area contributed by atoms with E-state index in [4.69, 9.17) is 9.47 Å². The quantitative estimate of drug-likeness (QED) is 0.845. The van der Waals surface area contributed by atoms with Gasteiger partial charge in [0.15, 0.2) is 0 Å². The Labute approximate surface area is 137 Å². The lowest BCUT2D eigenvalue weighted by Gasteiger charge is -2.33. The summed E-state index contributed by atoms with van der Waals surface area (Å²) in [5, 5.41) is 9.73. The van der Waals surface area contributed by atoms with E-state index in [2.05, 4.69) is 17.0 Å². The van der Waals surface area contributed by atoms with E-state index >= 15 is 0 Å². The van der Waals surface area contributed by atoms with Crippen molar-refractivity contribution < 1.29 is 19.4 Å². The number of rotatable bonds is 5. The van der Waals surface area contributed by atoms with Gasteiger partial charge in [-0.05, 0) is 43.2 Å². The third-order valence-electron chi connectivity index (χ3n) is 4.68. The van der Waals surface area contributed by atoms with Crippen LogP contribution in [-0.4, -0.2) is 37.4 Å². The first kappa shape index (κ1) is 16.1. The molecule has 0 aromatic heterocycles. The number of hydrogen-bond donors (Lipinski definition) is 1. The van der Waals surface area contributed by atoms with Gasteiger partial charge in [0.1, 0.15) is 12.4 Å². The van der Waals surface area contributed by atoms with E-state index in [1.807, 2.05) is 0 Å². The molecular formula is C18H25NO4. The number of anilines is 1. The number of carbonyl (C=O) groups excluding carboxylic acids is 1. The minimum atomic E-state index is -0.283. The number of esters is 1. The molecule has 0 radical (unpaired) electrons. The van der Waals surface area contributed by atoms with Gasteiger partial charge >= 0.3 is 5.97 Å². The van der Waals surface area contributed by atoms with Crippen molar-refractivity contribution in [2.75, 3.05) is 25.1 Å². The van der Waals surface area contributed by atoms with Crippen LogP contribution in [0.1, 0.15) is 49.7 Å². The zero-order chi connectivity index (χ0) is 16.4. The van der Waals surface area contributed by atoms with Gasteiger partial charge < -0.3 is 19.5 Å². The predicted octanol–water partition coefficient (Wildman–Crippen LogP) is 2.60. The Kier molecular flexibility index (Phi) is 4.76. The number of aliphatic hydroxyl groups excluding tert-OH is 1. The van der Waals surface area contributed by atoms with Crippen LogP contribution < -0.4 is 9.64 Å². The molecule has 2 fully saturated rings. The van der Waals surface area contributed by atoms with Crippen LogP contribution in [0.2, 0.25) is 0 Å². The Morgan fingerprint density at radius 1 is 1.26 bits per heavy atom. The average Bonchev–Trinajstić information content (AvgIpc) is 3.37. The van der Waals surface area contributed by atoms with Crippen molar-refractivity contribution in [3.8, 4) is 5.75 Å². The number of carbonyl (C=O) groups is 1. The van der Waals surface area contributed by atoms with Crippen molar-refractivity contribution in [3.63, 3.8) is 0 Å². The molecule has 0 atom stereocenters. The molecule has 1 saturated heterocycles. The van der Waals surface area contributed by atoms with Crippen LogP contribution in [0.3, 0.4) is 0 Å². The number of piperidine rings is 1. The summed E-state index contributed by atoms with van der Waals surface area (Å²) in [5.41, 5.74) is 3.46. The molecule has 23 heavy (non-hydrogen) atoms. The zero-order valence-electron chi connectivity index (χ0n) is 13.9. The van der Waals surface area contributed by atoms with Crippen molar-refractivity contribution in [2.45, 2.75) is 51.2 Å². The zero-order valence-corrected chi connectivity index (χ0v) is 13.9. The molecule has 1 aromatic carbocycles. The molecule has 1 aliphatic carbocycles. The van der Waals surface area contributed by atoms with E-state index in [0.717, 1.165) is 37.2 Å². The summed E-state index contributed by atoms with van der Waals surface area (Å²) in [6.07, 6.45) is 3.86. The summed E-state index contributed by atoms with van der Waals surface area (Å²) in [7, 11) is 1.65. The van der Waals surface area contributed by atoms with E-state index < -0.39 is 0 Å². The van der Waals surface area contributed by atoms with Gasteiger partial charge in [-0.3, -0.25) is 4.79 Å². The lowest BCUT2D eigenvalue weighted by molar-refractivity contribution is -0.142. The van der Waals surface area contributed by atoms with Crippen LogP contribution in [0, 0.1) is 0 Å². The first-order valence-corrected chi connectivity index (χ1v) is 8.35. The standard InChI is InChI=1S/C18H25NO4/c1-12(20)23-11-14-9-16(13-3-4-13)17(10-18(14)22-2)19-7-5-15(21)6-8-19/h9-10,13,15,21H,3-8,11H2,1-2H3. The van der Waals surface area contributed by atoms with Gasteiger partial charge in [0.05, 0.1) is 13.2 Å². The third-order valence-corrected chi connectivity index (χ3v) is 4.68. The highest BCUT2D eigenvalue weighted by molar-refractivity contribution is 5.66. The molecule has 5 nitrogen and oxygen atoms in total. The van der Waals surface area contributed by atoms with Crippen LogP contribution in [0.5, 0.6) is 5.75 Å². The van der Waals surface area contributed by atoms with Crippen molar-refractivity contribution in [1.29, 1.82) is 0 Å². The van der Waals surface area contributed by atoms with E-state index in [-0.39, 0.29) is 18.7 Å². The Morgan fingerprint density at radius 3 is 2.52 bits per heavy atom. The van der Waals surface area contributed by atoms with E-state index in [9.17, 15) is 9.90 Å². The predicted molar refractivity (Wildman–Crippen MR) is 87.9 cm³/mol. The SMILES string of the molecule is COc1cc(N2CCC(O)CC2)c(C2CC2)cc1COC(C)=O. The smallest absolute Gasteiger partial charge is 0.302 e. The second-order valence-corrected chi connectivity index (χ2v) is 6.50. The van der Waals surface area contributed by atoms with Gasteiger partial charge in [-0.25, -0.2) is 0 Å². The summed E-state index contributed by atoms with van der Waals surface area (Å²) in [6, 6.07) is 4.21. The van der Waals surface area contributed by atoms with Gasteiger partial charge in [-0.15, -0.1) is 0 Å². The maximum absolute atomic E-state index is 11.1. The van der Waals surface area contributed by atoms with Gasteiger partial charge in [-0.1, -0.05) is 0 Å². The lowest BCUT2D eigenvalue weighted by atomic mass is 10.00. The molecule has 3 rings (SSSR count). The molecule has 0 amide bonds. The van der Waals surface area contributed by atoms with Gasteiger partial charge in [0.25, 0.3) is 0 Å². The van der Waals surface area contributed by atoms with Gasteiger partial charge in [0, 0.05) is 37.3 Å². The molecule has 126 valence electrons. The number of nitrogens with zero attached hydrogens (tertiary/aromatic N) is 1. The number of benzene rings is 1. The molecule has 1 aromatic rings. The fourth-order valence-corrected chi connectivity index (χ4v) is 3.22. The molecule has 1 heterocycles. The number of methoxy groups -OCH3 is 1. The Morgan fingerprint density at radius 2 is 1.96 bits per heavy atom. The van der Waals surface area contributed by atoms with Crippen LogP contribution in [-0.2, 0) is 16.1 Å². The molecule has 5 heteroatoms. The highest BCUT2D eigenvalue weighted by Crippen LogP contribution is 2.47. The Bertz CT molecular complexity index is 575. The largest absolute Gasteiger partial charge is 0.496 e. The van der Waals surface area contributed by atoms with E-state index in [1.165, 1.54) is 31.0 Å². The molecule has 1 saturated carbocycles. The summed E-state index contributed by atoms with van der Waals surface area (Å²) in [6.45, 7) is 3.40. The maximum atomic E-state index is 11.1. The number of aliphatic hydroxyl groups is 1. The van der Waals surface area contributed by atoms with Crippen LogP contribution in [0.25, 0.3) is 0 Å². The highest BCUT2D eigenvalue weighted by atomic mass is 16.5. The van der Waals surface area contributed by atoms with Gasteiger partial charge in [0.2, 0.25) is 0 Å². The minimum Gasteiger partial charge on any atom is -0.496 e. The van der Waals surface area contributed by atoms with Crippen LogP contribution >= 0.6 is 0 Å². The lowest BCUT2D eigenvalue weighted by Crippen LogP contribution is -2.36. The second-order valence-electron chi connectivity index (χ2n) is 6.50. The molecule has 1 N–H and O–H groups in total. The normalized spacial score (nSPS) is 18.8. The molecule has 2 aliphatic rings. The molecular weight excluding hydrogens is 294 g/mol. The van der Waals surface area contributed by atoms with Crippen molar-refractivity contribution >= 4 is 11.7 Å². The van der Waals surface area contributed by atoms with Crippen molar-refractivity contribution in [2.24, 2.45) is 0 Å². The highest BCUT2D eigenvalue weighted by Gasteiger charge is 2.30. The topological polar surface area (TPSA) is 59.0 Å². The van der Waals surface area contributed by atoms with Crippen LogP contribution in [0.4, 0.5) is 5.69 Å². The second kappa shape index (κ2) is 6.79. The molecule has 0 spiro atoms. The van der Waals surface area contributed by atoms with Crippen molar-refractivity contribution in [1.82, 2.24) is 0 Å².